The smallest absolute Gasteiger partial charge is 0.223 e. The van der Waals surface area contributed by atoms with Gasteiger partial charge in [0.15, 0.2) is 0 Å². The van der Waals surface area contributed by atoms with E-state index >= 15 is 0 Å². The molecule has 140 valence electrons. The summed E-state index contributed by atoms with van der Waals surface area (Å²) >= 11 is 0. The fourth-order valence-corrected chi connectivity index (χ4v) is 3.75. The van der Waals surface area contributed by atoms with Crippen molar-refractivity contribution in [1.29, 1.82) is 0 Å². The highest BCUT2D eigenvalue weighted by molar-refractivity contribution is 5.61. The van der Waals surface area contributed by atoms with Gasteiger partial charge in [0.25, 0.3) is 0 Å². The lowest BCUT2D eigenvalue weighted by molar-refractivity contribution is 0.319. The molecule has 0 bridgehead atoms. The van der Waals surface area contributed by atoms with E-state index in [1.165, 1.54) is 12.0 Å². The Morgan fingerprint density at radius 3 is 2.81 bits per heavy atom. The Bertz CT molecular complexity index is 889. The molecule has 6 nitrogen and oxygen atoms in total. The lowest BCUT2D eigenvalue weighted by Crippen LogP contribution is -2.23. The van der Waals surface area contributed by atoms with Gasteiger partial charge in [0.05, 0.1) is 11.4 Å². The minimum atomic E-state index is 0.626. The van der Waals surface area contributed by atoms with Gasteiger partial charge in [-0.3, -0.25) is 9.58 Å². The third-order valence-electron chi connectivity index (χ3n) is 5.11. The molecule has 0 aliphatic carbocycles. The van der Waals surface area contributed by atoms with E-state index in [1.54, 1.807) is 0 Å². The summed E-state index contributed by atoms with van der Waals surface area (Å²) in [5, 5.41) is 7.83. The molecular formula is C21H26N6. The lowest BCUT2D eigenvalue weighted by Gasteiger charge is -2.16. The summed E-state index contributed by atoms with van der Waals surface area (Å²) in [6.07, 6.45) is 5.02. The second kappa shape index (κ2) is 7.88. The van der Waals surface area contributed by atoms with Crippen molar-refractivity contribution >= 4 is 5.95 Å². The van der Waals surface area contributed by atoms with Crippen molar-refractivity contribution in [1.82, 2.24) is 24.6 Å². The van der Waals surface area contributed by atoms with Crippen molar-refractivity contribution in [2.75, 3.05) is 25.0 Å². The van der Waals surface area contributed by atoms with Crippen LogP contribution in [0.2, 0.25) is 0 Å². The zero-order valence-corrected chi connectivity index (χ0v) is 16.0. The Labute approximate surface area is 160 Å². The minimum Gasteiger partial charge on any atom is -0.354 e. The van der Waals surface area contributed by atoms with E-state index in [2.05, 4.69) is 55.6 Å². The van der Waals surface area contributed by atoms with Gasteiger partial charge in [-0.1, -0.05) is 30.3 Å². The quantitative estimate of drug-likeness (QED) is 0.730. The average molecular weight is 362 g/mol. The molecule has 0 radical (unpaired) electrons. The predicted molar refractivity (Wildman–Crippen MR) is 107 cm³/mol. The van der Waals surface area contributed by atoms with Crippen LogP contribution in [0.4, 0.5) is 5.95 Å². The molecule has 1 aliphatic heterocycles. The van der Waals surface area contributed by atoms with Crippen molar-refractivity contribution in [3.8, 4) is 11.3 Å². The molecule has 1 unspecified atom stereocenters. The molecule has 3 aromatic rings. The summed E-state index contributed by atoms with van der Waals surface area (Å²) in [5.74, 6) is 1.32. The second-order valence-corrected chi connectivity index (χ2v) is 7.32. The Kier molecular flexibility index (Phi) is 5.16. The van der Waals surface area contributed by atoms with Crippen LogP contribution in [0.1, 0.15) is 17.7 Å². The molecule has 4 rings (SSSR count). The third kappa shape index (κ3) is 4.34. The molecule has 1 aromatic carbocycles. The monoisotopic (exact) mass is 362 g/mol. The van der Waals surface area contributed by atoms with E-state index in [-0.39, 0.29) is 0 Å². The summed E-state index contributed by atoms with van der Waals surface area (Å²) in [4.78, 5) is 11.6. The van der Waals surface area contributed by atoms with E-state index in [0.29, 0.717) is 11.9 Å². The van der Waals surface area contributed by atoms with Gasteiger partial charge >= 0.3 is 0 Å². The first-order chi connectivity index (χ1) is 13.2. The van der Waals surface area contributed by atoms with Crippen molar-refractivity contribution in [3.63, 3.8) is 0 Å². The molecule has 1 fully saturated rings. The maximum Gasteiger partial charge on any atom is 0.223 e. The topological polar surface area (TPSA) is 58.9 Å². The molecule has 1 atom stereocenters. The molecule has 27 heavy (non-hydrogen) atoms. The van der Waals surface area contributed by atoms with Gasteiger partial charge < -0.3 is 5.32 Å². The van der Waals surface area contributed by atoms with Crippen LogP contribution in [0, 0.1) is 12.8 Å². The molecule has 1 aliphatic rings. The molecular weight excluding hydrogens is 336 g/mol. The largest absolute Gasteiger partial charge is 0.354 e. The zero-order chi connectivity index (χ0) is 18.6. The van der Waals surface area contributed by atoms with Gasteiger partial charge in [0, 0.05) is 44.6 Å². The van der Waals surface area contributed by atoms with Gasteiger partial charge in [-0.2, -0.15) is 5.10 Å². The number of benzene rings is 1. The minimum absolute atomic E-state index is 0.626. The first kappa shape index (κ1) is 17.7. The molecule has 2 aromatic heterocycles. The van der Waals surface area contributed by atoms with Crippen molar-refractivity contribution in [3.05, 3.63) is 60.0 Å². The number of likely N-dealkylation sites (tertiary alicyclic amines) is 1. The van der Waals surface area contributed by atoms with Crippen LogP contribution in [0.15, 0.2) is 48.8 Å². The van der Waals surface area contributed by atoms with Gasteiger partial charge in [-0.05, 0) is 37.4 Å². The molecule has 0 saturated carbocycles. The summed E-state index contributed by atoms with van der Waals surface area (Å²) in [5.41, 5.74) is 4.33. The van der Waals surface area contributed by atoms with E-state index in [9.17, 15) is 0 Å². The number of nitrogens with one attached hydrogen (secondary N) is 1. The number of aromatic nitrogens is 4. The van der Waals surface area contributed by atoms with Crippen molar-refractivity contribution in [2.24, 2.45) is 13.0 Å². The Balaban J connectivity index is 1.33. The summed E-state index contributed by atoms with van der Waals surface area (Å²) in [6, 6.07) is 12.6. The van der Waals surface area contributed by atoms with Gasteiger partial charge in [0.1, 0.15) is 0 Å². The summed E-state index contributed by atoms with van der Waals surface area (Å²) < 4.78 is 1.82. The maximum absolute atomic E-state index is 4.68. The Morgan fingerprint density at radius 2 is 2.04 bits per heavy atom. The fourth-order valence-electron chi connectivity index (χ4n) is 3.75. The Hall–Kier alpha value is -2.73. The van der Waals surface area contributed by atoms with Gasteiger partial charge in [0.2, 0.25) is 5.95 Å². The molecule has 0 spiro atoms. The van der Waals surface area contributed by atoms with Crippen LogP contribution in [-0.2, 0) is 13.6 Å². The van der Waals surface area contributed by atoms with Crippen LogP contribution >= 0.6 is 0 Å². The van der Waals surface area contributed by atoms with Gasteiger partial charge in [-0.15, -0.1) is 0 Å². The molecule has 1 saturated heterocycles. The average Bonchev–Trinajstić information content (AvgIpc) is 3.26. The number of aryl methyl sites for hydroxylation is 2. The molecule has 3 heterocycles. The van der Waals surface area contributed by atoms with E-state index in [4.69, 9.17) is 0 Å². The molecule has 6 heteroatoms. The van der Waals surface area contributed by atoms with E-state index < -0.39 is 0 Å². The maximum atomic E-state index is 4.68. The van der Waals surface area contributed by atoms with Crippen LogP contribution in [-0.4, -0.2) is 44.3 Å². The zero-order valence-electron chi connectivity index (χ0n) is 16.0. The highest BCUT2D eigenvalue weighted by Crippen LogP contribution is 2.22. The van der Waals surface area contributed by atoms with Crippen molar-refractivity contribution in [2.45, 2.75) is 19.9 Å². The number of anilines is 1. The first-order valence-corrected chi connectivity index (χ1v) is 9.51. The number of nitrogens with zero attached hydrogens (tertiary/aromatic N) is 5. The summed E-state index contributed by atoms with van der Waals surface area (Å²) in [7, 11) is 1.93. The number of hydrogen-bond acceptors (Lipinski definition) is 5. The Morgan fingerprint density at radius 1 is 1.19 bits per heavy atom. The van der Waals surface area contributed by atoms with Crippen molar-refractivity contribution < 1.29 is 0 Å². The third-order valence-corrected chi connectivity index (χ3v) is 5.11. The van der Waals surface area contributed by atoms with Crippen LogP contribution in [0.3, 0.4) is 0 Å². The van der Waals surface area contributed by atoms with E-state index in [1.807, 2.05) is 37.1 Å². The van der Waals surface area contributed by atoms with Gasteiger partial charge in [-0.25, -0.2) is 9.97 Å². The summed E-state index contributed by atoms with van der Waals surface area (Å²) in [6.45, 7) is 6.20. The van der Waals surface area contributed by atoms with Crippen LogP contribution in [0.25, 0.3) is 11.3 Å². The SMILES string of the molecule is Cc1nn(C)cc1-c1ccnc(NCC2CCN(Cc3ccccc3)C2)n1. The highest BCUT2D eigenvalue weighted by Gasteiger charge is 2.22. The highest BCUT2D eigenvalue weighted by atomic mass is 15.3. The van der Waals surface area contributed by atoms with Crippen LogP contribution < -0.4 is 5.32 Å². The standard InChI is InChI=1S/C21H26N6/c1-16-19(15-26(2)25-16)20-8-10-22-21(24-20)23-12-18-9-11-27(14-18)13-17-6-4-3-5-7-17/h3-8,10,15,18H,9,11-14H2,1-2H3,(H,22,23,24). The van der Waals surface area contributed by atoms with E-state index in [0.717, 1.165) is 43.1 Å². The number of hydrogen-bond donors (Lipinski definition) is 1. The molecule has 0 amide bonds. The normalized spacial score (nSPS) is 17.3. The first-order valence-electron chi connectivity index (χ1n) is 9.51. The molecule has 1 N–H and O–H groups in total. The fraction of sp³-hybridized carbons (Fsp3) is 0.381. The second-order valence-electron chi connectivity index (χ2n) is 7.32. The predicted octanol–water partition coefficient (Wildman–Crippen LogP) is 3.12. The lowest BCUT2D eigenvalue weighted by atomic mass is 10.1. The van der Waals surface area contributed by atoms with Crippen LogP contribution in [0.5, 0.6) is 0 Å². The number of rotatable bonds is 6.